The van der Waals surface area contributed by atoms with Gasteiger partial charge in [0.05, 0.1) is 0 Å². The van der Waals surface area contributed by atoms with Crippen molar-refractivity contribution in [3.8, 4) is 0 Å². The molecule has 0 saturated carbocycles. The molecule has 0 spiro atoms. The summed E-state index contributed by atoms with van der Waals surface area (Å²) in [4.78, 5) is 11.0. The van der Waals surface area contributed by atoms with E-state index in [1.54, 1.807) is 24.3 Å². The first-order valence-electron chi connectivity index (χ1n) is 3.21. The molecule has 0 amide bonds. The van der Waals surface area contributed by atoms with Gasteiger partial charge in [0.15, 0.2) is 0 Å². The van der Waals surface area contributed by atoms with Gasteiger partial charge in [0.1, 0.15) is 6.21 Å². The third-order valence-electron chi connectivity index (χ3n) is 1.30. The summed E-state index contributed by atoms with van der Waals surface area (Å²) in [6, 6.07) is 6.79. The number of hydrogen-bond acceptors (Lipinski definition) is 3. The lowest BCUT2D eigenvalue weighted by Gasteiger charge is -1.93. The summed E-state index contributed by atoms with van der Waals surface area (Å²) in [5.41, 5.74) is 0.496. The van der Waals surface area contributed by atoms with E-state index in [0.717, 1.165) is 10.7 Å². The van der Waals surface area contributed by atoms with Gasteiger partial charge in [0.25, 0.3) is 0 Å². The zero-order valence-corrected chi connectivity index (χ0v) is 7.65. The second kappa shape index (κ2) is 4.01. The molecule has 12 heavy (non-hydrogen) atoms. The monoisotopic (exact) mass is 227 g/mol. The summed E-state index contributed by atoms with van der Waals surface area (Å²) < 4.78 is 0.903. The molecule has 0 saturated heterocycles. The Morgan fingerprint density at radius 3 is 2.50 bits per heavy atom. The molecule has 1 aromatic carbocycles. The van der Waals surface area contributed by atoms with Gasteiger partial charge in [-0.2, -0.15) is 0 Å². The van der Waals surface area contributed by atoms with Crippen molar-refractivity contribution in [1.29, 1.82) is 0 Å². The summed E-state index contributed by atoms with van der Waals surface area (Å²) in [5.74, 6) is -0.315. The Morgan fingerprint density at radius 1 is 1.42 bits per heavy atom. The number of benzene rings is 1. The van der Waals surface area contributed by atoms with E-state index in [-0.39, 0.29) is 5.78 Å². The van der Waals surface area contributed by atoms with Crippen molar-refractivity contribution in [3.05, 3.63) is 34.3 Å². The Morgan fingerprint density at radius 2 is 2.00 bits per heavy atom. The minimum absolute atomic E-state index is 0.315. The maximum atomic E-state index is 11.0. The Kier molecular flexibility index (Phi) is 2.99. The molecule has 0 fully saturated rings. The highest BCUT2D eigenvalue weighted by Gasteiger charge is 2.00. The van der Waals surface area contributed by atoms with Crippen LogP contribution in [0.25, 0.3) is 0 Å². The molecule has 4 heteroatoms. The van der Waals surface area contributed by atoms with Crippen molar-refractivity contribution in [2.45, 2.75) is 0 Å². The fourth-order valence-electron chi connectivity index (χ4n) is 0.741. The quantitative estimate of drug-likeness (QED) is 0.364. The lowest BCUT2D eigenvalue weighted by Crippen LogP contribution is -1.99. The minimum Gasteiger partial charge on any atom is -0.411 e. The molecule has 0 bridgehead atoms. The molecule has 1 N–H and O–H groups in total. The van der Waals surface area contributed by atoms with E-state index in [2.05, 4.69) is 21.1 Å². The Hall–Kier alpha value is -1.16. The normalized spacial score (nSPS) is 10.4. The fraction of sp³-hybridized carbons (Fsp3) is 0. The molecule has 3 nitrogen and oxygen atoms in total. The summed E-state index contributed by atoms with van der Waals surface area (Å²) in [5, 5.41) is 10.7. The SMILES string of the molecule is O=C(/C=N\O)c1ccc(Br)cc1. The van der Waals surface area contributed by atoms with Crippen molar-refractivity contribution in [2.24, 2.45) is 5.16 Å². The molecule has 1 rings (SSSR count). The number of rotatable bonds is 2. The lowest BCUT2D eigenvalue weighted by molar-refractivity contribution is 0.106. The third kappa shape index (κ3) is 2.17. The molecule has 0 radical (unpaired) electrons. The highest BCUT2D eigenvalue weighted by molar-refractivity contribution is 9.10. The largest absolute Gasteiger partial charge is 0.411 e. The van der Waals surface area contributed by atoms with Crippen molar-refractivity contribution in [2.75, 3.05) is 0 Å². The first-order valence-corrected chi connectivity index (χ1v) is 4.00. The minimum atomic E-state index is -0.315. The van der Waals surface area contributed by atoms with E-state index in [1.807, 2.05) is 0 Å². The van der Waals surface area contributed by atoms with Crippen LogP contribution in [0.4, 0.5) is 0 Å². The molecule has 1 aromatic rings. The van der Waals surface area contributed by atoms with Crippen LogP contribution >= 0.6 is 15.9 Å². The highest BCUT2D eigenvalue weighted by Crippen LogP contribution is 2.10. The highest BCUT2D eigenvalue weighted by atomic mass is 79.9. The number of carbonyl (C=O) groups is 1. The van der Waals surface area contributed by atoms with Crippen LogP contribution in [0.3, 0.4) is 0 Å². The summed E-state index contributed by atoms with van der Waals surface area (Å²) in [6.45, 7) is 0. The van der Waals surface area contributed by atoms with Crippen LogP contribution in [0.1, 0.15) is 10.4 Å². The number of oxime groups is 1. The second-order valence-corrected chi connectivity index (χ2v) is 3.03. The van der Waals surface area contributed by atoms with Gasteiger partial charge in [0.2, 0.25) is 5.78 Å². The molecule has 0 aromatic heterocycles. The van der Waals surface area contributed by atoms with Crippen LogP contribution in [0.5, 0.6) is 0 Å². The predicted octanol–water partition coefficient (Wildman–Crippen LogP) is 2.09. The molecule has 0 aliphatic rings. The number of carbonyl (C=O) groups excluding carboxylic acids is 1. The van der Waals surface area contributed by atoms with Crippen LogP contribution in [0.15, 0.2) is 33.9 Å². The molecular weight excluding hydrogens is 222 g/mol. The second-order valence-electron chi connectivity index (χ2n) is 2.12. The molecule has 0 heterocycles. The van der Waals surface area contributed by atoms with Crippen molar-refractivity contribution >= 4 is 27.9 Å². The van der Waals surface area contributed by atoms with Gasteiger partial charge >= 0.3 is 0 Å². The van der Waals surface area contributed by atoms with Crippen LogP contribution in [-0.4, -0.2) is 17.2 Å². The van der Waals surface area contributed by atoms with Gasteiger partial charge in [-0.3, -0.25) is 4.79 Å². The van der Waals surface area contributed by atoms with Crippen molar-refractivity contribution in [3.63, 3.8) is 0 Å². The topological polar surface area (TPSA) is 49.7 Å². The van der Waals surface area contributed by atoms with E-state index in [4.69, 9.17) is 5.21 Å². The van der Waals surface area contributed by atoms with Gasteiger partial charge in [-0.25, -0.2) is 0 Å². The first-order chi connectivity index (χ1) is 5.74. The molecular formula is C8H6BrNO2. The van der Waals surface area contributed by atoms with Crippen LogP contribution < -0.4 is 0 Å². The van der Waals surface area contributed by atoms with E-state index in [0.29, 0.717) is 5.56 Å². The fourth-order valence-corrected chi connectivity index (χ4v) is 1.01. The van der Waals surface area contributed by atoms with Gasteiger partial charge in [-0.15, -0.1) is 0 Å². The summed E-state index contributed by atoms with van der Waals surface area (Å²) in [7, 11) is 0. The molecule has 0 atom stereocenters. The number of halogens is 1. The van der Waals surface area contributed by atoms with Crippen LogP contribution in [0, 0.1) is 0 Å². The van der Waals surface area contributed by atoms with Crippen LogP contribution in [0.2, 0.25) is 0 Å². The maximum absolute atomic E-state index is 11.0. The Labute approximate surface area is 77.8 Å². The van der Waals surface area contributed by atoms with E-state index >= 15 is 0 Å². The molecule has 0 aliphatic heterocycles. The Bertz CT molecular complexity index is 305. The smallest absolute Gasteiger partial charge is 0.207 e. The zero-order valence-electron chi connectivity index (χ0n) is 6.07. The Balaban J connectivity index is 2.90. The summed E-state index contributed by atoms with van der Waals surface area (Å²) >= 11 is 3.24. The molecule has 0 aliphatic carbocycles. The number of Topliss-reactive ketones (excluding diaryl/α,β-unsaturated/α-hetero) is 1. The zero-order chi connectivity index (χ0) is 8.97. The van der Waals surface area contributed by atoms with Crippen LogP contribution in [-0.2, 0) is 0 Å². The van der Waals surface area contributed by atoms with Crippen molar-refractivity contribution < 1.29 is 10.0 Å². The lowest BCUT2D eigenvalue weighted by atomic mass is 10.1. The van der Waals surface area contributed by atoms with E-state index in [9.17, 15) is 4.79 Å². The number of nitrogens with zero attached hydrogens (tertiary/aromatic N) is 1. The van der Waals surface area contributed by atoms with E-state index < -0.39 is 0 Å². The van der Waals surface area contributed by atoms with Gasteiger partial charge in [-0.05, 0) is 24.3 Å². The maximum Gasteiger partial charge on any atom is 0.207 e. The van der Waals surface area contributed by atoms with Gasteiger partial charge in [0, 0.05) is 10.0 Å². The van der Waals surface area contributed by atoms with Gasteiger partial charge in [-0.1, -0.05) is 21.1 Å². The van der Waals surface area contributed by atoms with Crippen molar-refractivity contribution in [1.82, 2.24) is 0 Å². The first kappa shape index (κ1) is 8.93. The average molecular weight is 228 g/mol. The average Bonchev–Trinajstić information content (AvgIpc) is 2.06. The molecule has 0 unspecified atom stereocenters. The van der Waals surface area contributed by atoms with Gasteiger partial charge < -0.3 is 5.21 Å². The third-order valence-corrected chi connectivity index (χ3v) is 1.83. The van der Waals surface area contributed by atoms with E-state index in [1.165, 1.54) is 0 Å². The number of hydrogen-bond donors (Lipinski definition) is 1. The standard InChI is InChI=1S/C8H6BrNO2/c9-7-3-1-6(2-4-7)8(11)5-10-12/h1-5,12H/b10-5-. The summed E-state index contributed by atoms with van der Waals surface area (Å²) in [6.07, 6.45) is 0.864. The number of ketones is 1. The predicted molar refractivity (Wildman–Crippen MR) is 48.8 cm³/mol. The molecule has 62 valence electrons.